The van der Waals surface area contributed by atoms with Crippen LogP contribution in [0, 0.1) is 11.3 Å². The van der Waals surface area contributed by atoms with Gasteiger partial charge >= 0.3 is 5.69 Å². The van der Waals surface area contributed by atoms with Crippen LogP contribution in [0.2, 0.25) is 0 Å². The van der Waals surface area contributed by atoms with Gasteiger partial charge in [-0.25, -0.2) is 4.79 Å². The van der Waals surface area contributed by atoms with E-state index in [4.69, 9.17) is 5.10 Å². The van der Waals surface area contributed by atoms with Gasteiger partial charge in [-0.15, -0.1) is 0 Å². The Morgan fingerprint density at radius 3 is 2.52 bits per heavy atom. The number of nitrogens with one attached hydrogen (secondary N) is 3. The fraction of sp³-hybridized carbons (Fsp3) is 0.488. The number of H-pyrrole nitrogens is 2. The number of aromatic amines is 2. The maximum atomic E-state index is 13.7. The molecule has 3 N–H and O–H groups in total. The monoisotopic (exact) mass is 731 g/mol. The third-order valence-corrected chi connectivity index (χ3v) is 12.5. The molecule has 3 aromatic heterocycles. The summed E-state index contributed by atoms with van der Waals surface area (Å²) >= 11 is 0. The van der Waals surface area contributed by atoms with Gasteiger partial charge in [-0.2, -0.15) is 5.10 Å². The van der Waals surface area contributed by atoms with Gasteiger partial charge in [0.15, 0.2) is 0 Å². The van der Waals surface area contributed by atoms with E-state index in [0.717, 1.165) is 104 Å². The van der Waals surface area contributed by atoms with Gasteiger partial charge < -0.3 is 14.8 Å². The van der Waals surface area contributed by atoms with E-state index in [1.165, 1.54) is 11.3 Å². The second-order valence-corrected chi connectivity index (χ2v) is 16.7. The molecule has 3 aliphatic heterocycles. The van der Waals surface area contributed by atoms with Crippen LogP contribution in [0.5, 0.6) is 0 Å². The van der Waals surface area contributed by atoms with Crippen molar-refractivity contribution < 1.29 is 14.4 Å². The van der Waals surface area contributed by atoms with E-state index < -0.39 is 11.9 Å². The molecule has 54 heavy (non-hydrogen) atoms. The number of para-hydroxylation sites is 1. The molecule has 13 heteroatoms. The molecule has 1 atom stereocenters. The lowest BCUT2D eigenvalue weighted by molar-refractivity contribution is -0.135. The number of piperazine rings is 1. The number of carbonyl (C=O) groups is 3. The van der Waals surface area contributed by atoms with Gasteiger partial charge in [0.2, 0.25) is 11.8 Å². The average molecular weight is 732 g/mol. The lowest BCUT2D eigenvalue weighted by Crippen LogP contribution is -2.50. The summed E-state index contributed by atoms with van der Waals surface area (Å²) < 4.78 is 3.20. The van der Waals surface area contributed by atoms with E-state index in [2.05, 4.69) is 51.2 Å². The number of aromatic nitrogens is 5. The molecule has 13 nitrogen and oxygen atoms in total. The summed E-state index contributed by atoms with van der Waals surface area (Å²) in [6.07, 6.45) is 5.78. The zero-order valence-electron chi connectivity index (χ0n) is 31.4. The summed E-state index contributed by atoms with van der Waals surface area (Å²) in [4.78, 5) is 62.0. The van der Waals surface area contributed by atoms with E-state index in [1.807, 2.05) is 35.2 Å². The van der Waals surface area contributed by atoms with E-state index in [0.29, 0.717) is 31.0 Å². The van der Waals surface area contributed by atoms with Crippen LogP contribution in [0.15, 0.2) is 47.3 Å². The average Bonchev–Trinajstić information content (AvgIpc) is 3.85. The van der Waals surface area contributed by atoms with Crippen molar-refractivity contribution in [1.82, 2.24) is 39.4 Å². The lowest BCUT2D eigenvalue weighted by Gasteiger charge is -2.39. The zero-order chi connectivity index (χ0) is 37.3. The van der Waals surface area contributed by atoms with Gasteiger partial charge in [0.25, 0.3) is 5.91 Å². The first-order valence-electron chi connectivity index (χ1n) is 19.5. The molecule has 0 bridgehead atoms. The molecule has 5 aromatic rings. The Labute approximate surface area is 313 Å². The highest BCUT2D eigenvalue weighted by atomic mass is 16.2. The zero-order valence-corrected chi connectivity index (χ0v) is 31.4. The Kier molecular flexibility index (Phi) is 8.51. The molecule has 9 rings (SSSR count). The molecule has 0 radical (unpaired) electrons. The first kappa shape index (κ1) is 34.6. The number of imide groups is 1. The smallest absolute Gasteiger partial charge is 0.329 e. The number of rotatable bonds is 6. The van der Waals surface area contributed by atoms with Crippen LogP contribution in [0.4, 0.5) is 5.69 Å². The Balaban J connectivity index is 0.805. The van der Waals surface area contributed by atoms with Crippen LogP contribution < -0.4 is 15.9 Å². The molecule has 1 aliphatic carbocycles. The van der Waals surface area contributed by atoms with Gasteiger partial charge in [0.1, 0.15) is 11.7 Å². The largest absolute Gasteiger partial charge is 0.370 e. The van der Waals surface area contributed by atoms with Gasteiger partial charge in [-0.1, -0.05) is 26.0 Å². The van der Waals surface area contributed by atoms with Crippen LogP contribution in [0.25, 0.3) is 33.3 Å². The summed E-state index contributed by atoms with van der Waals surface area (Å²) in [6.45, 7) is 10.5. The van der Waals surface area contributed by atoms with E-state index >= 15 is 0 Å². The summed E-state index contributed by atoms with van der Waals surface area (Å²) in [7, 11) is 1.76. The standard InChI is InChI=1S/C41H49N9O4/c1-41(2)14-11-28-31(23-41)44-45-36(28)30-21-26-7-8-27(22-29(26)42-30)39(53)49-19-17-47(18-20-49)24-25-12-15-48(16-13-25)32-5-4-6-33-37(32)46(3)40(54)50(33)34-9-10-35(51)43-38(34)52/h4-8,21-22,25,34,42H,9-20,23-24H2,1-3H3,(H,44,45)(H,43,51,52)/t34-/m0/s1. The van der Waals surface area contributed by atoms with Crippen molar-refractivity contribution in [3.8, 4) is 11.4 Å². The molecular formula is C41H49N9O4. The van der Waals surface area contributed by atoms with Crippen LogP contribution in [-0.4, -0.2) is 97.7 Å². The van der Waals surface area contributed by atoms with Crippen molar-refractivity contribution in [3.05, 3.63) is 69.8 Å². The second kappa shape index (κ2) is 13.3. The number of hydrogen-bond acceptors (Lipinski definition) is 7. The Morgan fingerprint density at radius 2 is 1.74 bits per heavy atom. The normalized spacial score (nSPS) is 21.2. The molecule has 3 fully saturated rings. The minimum atomic E-state index is -0.696. The summed E-state index contributed by atoms with van der Waals surface area (Å²) in [5, 5.41) is 11.5. The number of nitrogens with zero attached hydrogens (tertiary/aromatic N) is 6. The molecule has 3 saturated heterocycles. The quantitative estimate of drug-likeness (QED) is 0.220. The predicted octanol–water partition coefficient (Wildman–Crippen LogP) is 4.38. The molecule has 6 heterocycles. The second-order valence-electron chi connectivity index (χ2n) is 16.7. The highest BCUT2D eigenvalue weighted by Crippen LogP contribution is 2.38. The van der Waals surface area contributed by atoms with Crippen LogP contribution in [-0.2, 0) is 29.5 Å². The van der Waals surface area contributed by atoms with Gasteiger partial charge in [-0.05, 0) is 80.2 Å². The van der Waals surface area contributed by atoms with Crippen molar-refractivity contribution in [2.75, 3.05) is 50.7 Å². The first-order valence-corrected chi connectivity index (χ1v) is 19.5. The number of fused-ring (bicyclic) bond motifs is 3. The van der Waals surface area contributed by atoms with Crippen molar-refractivity contribution in [3.63, 3.8) is 0 Å². The number of anilines is 1. The van der Waals surface area contributed by atoms with Crippen LogP contribution in [0.1, 0.15) is 73.6 Å². The summed E-state index contributed by atoms with van der Waals surface area (Å²) in [5.74, 6) is -0.0833. The number of benzene rings is 2. The Morgan fingerprint density at radius 1 is 0.944 bits per heavy atom. The molecule has 3 amide bonds. The molecule has 4 aliphatic rings. The van der Waals surface area contributed by atoms with E-state index in [-0.39, 0.29) is 29.3 Å². The topological polar surface area (TPSA) is 144 Å². The van der Waals surface area contributed by atoms with Crippen molar-refractivity contribution in [2.24, 2.45) is 18.4 Å². The first-order chi connectivity index (χ1) is 26.0. The van der Waals surface area contributed by atoms with E-state index in [1.54, 1.807) is 16.2 Å². The minimum Gasteiger partial charge on any atom is -0.370 e. The van der Waals surface area contributed by atoms with Crippen molar-refractivity contribution in [1.29, 1.82) is 0 Å². The van der Waals surface area contributed by atoms with Crippen molar-refractivity contribution >= 4 is 45.3 Å². The lowest BCUT2D eigenvalue weighted by atomic mass is 9.76. The number of piperidine rings is 2. The third-order valence-electron chi connectivity index (χ3n) is 12.5. The Hall–Kier alpha value is -5.17. The molecule has 0 unspecified atom stereocenters. The van der Waals surface area contributed by atoms with Gasteiger partial charge in [-0.3, -0.25) is 38.8 Å². The molecular weight excluding hydrogens is 683 g/mol. The van der Waals surface area contributed by atoms with Crippen LogP contribution in [0.3, 0.4) is 0 Å². The fourth-order valence-electron chi connectivity index (χ4n) is 9.40. The van der Waals surface area contributed by atoms with Crippen molar-refractivity contribution in [2.45, 2.75) is 64.8 Å². The summed E-state index contributed by atoms with van der Waals surface area (Å²) in [6, 6.07) is 13.3. The molecule has 0 spiro atoms. The third kappa shape index (κ3) is 6.11. The number of imidazole rings is 1. The Bertz CT molecular complexity index is 2350. The highest BCUT2D eigenvalue weighted by Gasteiger charge is 2.33. The molecule has 2 aromatic carbocycles. The molecule has 0 saturated carbocycles. The van der Waals surface area contributed by atoms with Crippen LogP contribution >= 0.6 is 0 Å². The maximum Gasteiger partial charge on any atom is 0.329 e. The number of hydrogen-bond donors (Lipinski definition) is 3. The van der Waals surface area contributed by atoms with Gasteiger partial charge in [0, 0.05) is 87.0 Å². The maximum absolute atomic E-state index is 13.7. The van der Waals surface area contributed by atoms with Gasteiger partial charge in [0.05, 0.1) is 22.4 Å². The number of carbonyl (C=O) groups excluding carboxylic acids is 3. The molecule has 282 valence electrons. The number of amides is 3. The minimum absolute atomic E-state index is 0.0791. The predicted molar refractivity (Wildman–Crippen MR) is 208 cm³/mol. The number of aryl methyl sites for hydroxylation is 1. The SMILES string of the molecule is Cn1c(=O)n([C@H]2CCC(=O)NC2=O)c2cccc(N3CCC(CN4CCN(C(=O)c5ccc6cc(-c7n[nH]c8c7CCC(C)(C)C8)[nH]c6c5)CC4)CC3)c21. The summed E-state index contributed by atoms with van der Waals surface area (Å²) in [5.41, 5.74) is 8.80. The van der Waals surface area contributed by atoms with E-state index in [9.17, 15) is 19.2 Å². The fourth-order valence-corrected chi connectivity index (χ4v) is 9.40. The highest BCUT2D eigenvalue weighted by molar-refractivity contribution is 6.01.